The van der Waals surface area contributed by atoms with Gasteiger partial charge in [0.1, 0.15) is 51.2 Å². The average molecular weight is 693 g/mol. The van der Waals surface area contributed by atoms with Crippen LogP contribution in [0.3, 0.4) is 0 Å². The fraction of sp³-hybridized carbons (Fsp3) is 0.200. The van der Waals surface area contributed by atoms with Crippen molar-refractivity contribution in [3.05, 3.63) is 110 Å². The quantitative estimate of drug-likeness (QED) is 0.0620. The number of benzene rings is 4. The van der Waals surface area contributed by atoms with Crippen LogP contribution in [0.25, 0.3) is 27.9 Å². The van der Waals surface area contributed by atoms with Crippen molar-refractivity contribution in [2.24, 2.45) is 5.92 Å². The highest BCUT2D eigenvalue weighted by Gasteiger charge is 2.37. The highest BCUT2D eigenvalue weighted by atomic mass is 16.4. The molecule has 1 aliphatic rings. The Bertz CT molecular complexity index is 2360. The zero-order chi connectivity index (χ0) is 36.9. The van der Waals surface area contributed by atoms with Gasteiger partial charge in [0.25, 0.3) is 0 Å². The average Bonchev–Trinajstić information content (AvgIpc) is 3.05. The summed E-state index contributed by atoms with van der Waals surface area (Å²) >= 11 is 0. The molecule has 0 aliphatic heterocycles. The van der Waals surface area contributed by atoms with Crippen LogP contribution in [0.1, 0.15) is 66.6 Å². The van der Waals surface area contributed by atoms with E-state index in [9.17, 15) is 50.4 Å². The van der Waals surface area contributed by atoms with Crippen molar-refractivity contribution in [3.63, 3.8) is 0 Å². The van der Waals surface area contributed by atoms with E-state index in [1.165, 1.54) is 42.5 Å². The Hall–Kier alpha value is -6.36. The summed E-state index contributed by atoms with van der Waals surface area (Å²) in [5.41, 5.74) is 0.792. The van der Waals surface area contributed by atoms with Crippen molar-refractivity contribution in [2.45, 2.75) is 46.0 Å². The second kappa shape index (κ2) is 13.2. The van der Waals surface area contributed by atoms with Crippen LogP contribution in [0.4, 0.5) is 0 Å². The van der Waals surface area contributed by atoms with Gasteiger partial charge in [-0.2, -0.15) is 0 Å². The van der Waals surface area contributed by atoms with E-state index in [1.54, 1.807) is 6.08 Å². The number of hydrogen-bond acceptors (Lipinski definition) is 11. The smallest absolute Gasteiger partial charge is 0.238 e. The lowest BCUT2D eigenvalue weighted by atomic mass is 9.70. The van der Waals surface area contributed by atoms with Gasteiger partial charge in [0, 0.05) is 51.9 Å². The van der Waals surface area contributed by atoms with Crippen molar-refractivity contribution in [1.29, 1.82) is 0 Å². The molecule has 1 heterocycles. The largest absolute Gasteiger partial charge is 0.508 e. The molecule has 0 fully saturated rings. The predicted octanol–water partition coefficient (Wildman–Crippen LogP) is 7.46. The van der Waals surface area contributed by atoms with E-state index < -0.39 is 34.4 Å². The van der Waals surface area contributed by atoms with Gasteiger partial charge >= 0.3 is 0 Å². The molecule has 1 aliphatic carbocycles. The summed E-state index contributed by atoms with van der Waals surface area (Å²) in [5.74, 6) is -5.08. The third kappa shape index (κ3) is 6.29. The summed E-state index contributed by atoms with van der Waals surface area (Å²) < 4.78 is 5.81. The second-order valence-electron chi connectivity index (χ2n) is 13.2. The molecule has 2 unspecified atom stereocenters. The van der Waals surface area contributed by atoms with Crippen molar-refractivity contribution in [3.8, 4) is 57.3 Å². The van der Waals surface area contributed by atoms with Gasteiger partial charge in [0.05, 0.1) is 5.56 Å². The Balaban J connectivity index is 1.62. The van der Waals surface area contributed by atoms with Gasteiger partial charge < -0.3 is 45.3 Å². The van der Waals surface area contributed by atoms with Crippen LogP contribution in [0, 0.1) is 5.92 Å². The zero-order valence-electron chi connectivity index (χ0n) is 27.9. The van der Waals surface area contributed by atoms with E-state index in [2.05, 4.69) is 0 Å². The number of fused-ring (bicyclic) bond motifs is 1. The summed E-state index contributed by atoms with van der Waals surface area (Å²) in [4.78, 5) is 27.9. The molecule has 0 saturated carbocycles. The maximum Gasteiger partial charge on any atom is 0.238 e. The molecule has 11 nitrogen and oxygen atoms in total. The number of phenolic OH excluding ortho intramolecular Hbond substituents is 7. The summed E-state index contributed by atoms with van der Waals surface area (Å²) in [6, 6.07) is 12.8. The third-order valence-corrected chi connectivity index (χ3v) is 9.23. The number of hydrogen-bond donors (Lipinski definition) is 8. The Morgan fingerprint density at radius 1 is 0.804 bits per heavy atom. The van der Waals surface area contributed by atoms with E-state index in [4.69, 9.17) is 4.42 Å². The first-order valence-electron chi connectivity index (χ1n) is 16.2. The number of carbonyl (C=O) groups is 1. The van der Waals surface area contributed by atoms with Gasteiger partial charge in [-0.3, -0.25) is 9.59 Å². The van der Waals surface area contributed by atoms with Gasteiger partial charge in [0.2, 0.25) is 11.2 Å². The van der Waals surface area contributed by atoms with Gasteiger partial charge in [-0.15, -0.1) is 0 Å². The lowest BCUT2D eigenvalue weighted by Crippen LogP contribution is -2.22. The second-order valence-corrected chi connectivity index (χ2v) is 13.2. The molecule has 0 radical (unpaired) electrons. The molecule has 0 bridgehead atoms. The van der Waals surface area contributed by atoms with Crippen molar-refractivity contribution >= 4 is 22.3 Å². The number of allylic oxidation sites excluding steroid dienone is 4. The highest BCUT2D eigenvalue weighted by molar-refractivity contribution is 6.16. The van der Waals surface area contributed by atoms with E-state index in [0.29, 0.717) is 17.6 Å². The number of aromatic hydroxyl groups is 8. The Labute approximate surface area is 291 Å². The molecule has 2 atom stereocenters. The standard InChI is InChI=1S/C40H36O11/c1-18(2)4-7-24-29(43)11-9-25(36(24)47)37(48)34-27(23-8-6-21(41)15-31(23)45)12-19(3)13-28(34)26-14-20(5-10-30(26)44)40-39(50)38(49)35-32(46)16-22(42)17-33(35)51-40/h4-6,8-11,14-17,19,27,41-47,50H,7,12-13H2,1-3H3. The van der Waals surface area contributed by atoms with Crippen LogP contribution in [0.2, 0.25) is 0 Å². The number of phenols is 7. The Kier molecular flexibility index (Phi) is 8.90. The van der Waals surface area contributed by atoms with Crippen LogP contribution in [-0.4, -0.2) is 46.6 Å². The fourth-order valence-electron chi connectivity index (χ4n) is 6.78. The zero-order valence-corrected chi connectivity index (χ0v) is 27.9. The van der Waals surface area contributed by atoms with Crippen LogP contribution in [0.15, 0.2) is 87.1 Å². The molecule has 262 valence electrons. The van der Waals surface area contributed by atoms with Crippen LogP contribution >= 0.6 is 0 Å². The van der Waals surface area contributed by atoms with Gasteiger partial charge in [0.15, 0.2) is 11.5 Å². The molecule has 4 aromatic carbocycles. The molecule has 8 N–H and O–H groups in total. The lowest BCUT2D eigenvalue weighted by Gasteiger charge is -2.33. The van der Waals surface area contributed by atoms with E-state index in [1.807, 2.05) is 20.8 Å². The van der Waals surface area contributed by atoms with E-state index in [0.717, 1.165) is 23.8 Å². The summed E-state index contributed by atoms with van der Waals surface area (Å²) in [5, 5.41) is 85.3. The molecular weight excluding hydrogens is 656 g/mol. The number of carbonyl (C=O) groups excluding carboxylic acids is 1. The van der Waals surface area contributed by atoms with Gasteiger partial charge in [-0.25, -0.2) is 0 Å². The minimum absolute atomic E-state index is 0.111. The van der Waals surface area contributed by atoms with Crippen LogP contribution < -0.4 is 5.43 Å². The number of rotatable bonds is 7. The maximum absolute atomic E-state index is 14.8. The molecule has 1 aromatic heterocycles. The Morgan fingerprint density at radius 2 is 1.51 bits per heavy atom. The van der Waals surface area contributed by atoms with Crippen molar-refractivity contribution in [2.75, 3.05) is 0 Å². The van der Waals surface area contributed by atoms with Gasteiger partial charge in [-0.1, -0.05) is 24.6 Å². The molecule has 5 aromatic rings. The van der Waals surface area contributed by atoms with Crippen LogP contribution in [-0.2, 0) is 6.42 Å². The SMILES string of the molecule is CC(C)=CCc1c(O)ccc(C(=O)C2=C(c3cc(-c4oc5cc(O)cc(O)c5c(=O)c4O)ccc3O)CC(C)CC2c2ccc(O)cc2O)c1O. The molecular formula is C40H36O11. The lowest BCUT2D eigenvalue weighted by molar-refractivity contribution is 0.102. The summed E-state index contributed by atoms with van der Waals surface area (Å²) in [6.07, 6.45) is 2.54. The normalized spacial score (nSPS) is 16.0. The van der Waals surface area contributed by atoms with Crippen LogP contribution in [0.5, 0.6) is 46.0 Å². The number of ketones is 1. The van der Waals surface area contributed by atoms with Crippen molar-refractivity contribution < 1.29 is 50.1 Å². The fourth-order valence-corrected chi connectivity index (χ4v) is 6.78. The predicted molar refractivity (Wildman–Crippen MR) is 190 cm³/mol. The molecule has 51 heavy (non-hydrogen) atoms. The first-order chi connectivity index (χ1) is 24.2. The first kappa shape index (κ1) is 34.5. The molecule has 0 saturated heterocycles. The number of Topliss-reactive ketones (excluding diaryl/α,β-unsaturated/α-hetero) is 1. The topological polar surface area (TPSA) is 209 Å². The molecule has 0 amide bonds. The maximum atomic E-state index is 14.8. The highest BCUT2D eigenvalue weighted by Crippen LogP contribution is 2.50. The Morgan fingerprint density at radius 3 is 2.22 bits per heavy atom. The minimum Gasteiger partial charge on any atom is -0.508 e. The summed E-state index contributed by atoms with van der Waals surface area (Å²) in [6.45, 7) is 5.64. The van der Waals surface area contributed by atoms with Crippen molar-refractivity contribution in [1.82, 2.24) is 0 Å². The molecule has 11 heteroatoms. The molecule has 0 spiro atoms. The van der Waals surface area contributed by atoms with E-state index >= 15 is 0 Å². The minimum atomic E-state index is -0.964. The monoisotopic (exact) mass is 692 g/mol. The van der Waals surface area contributed by atoms with Gasteiger partial charge in [-0.05, 0) is 81.0 Å². The first-order valence-corrected chi connectivity index (χ1v) is 16.2. The molecule has 6 rings (SSSR count). The third-order valence-electron chi connectivity index (χ3n) is 9.23. The van der Waals surface area contributed by atoms with E-state index in [-0.39, 0.29) is 92.1 Å². The summed E-state index contributed by atoms with van der Waals surface area (Å²) in [7, 11) is 0.